The molecule has 4 heteroatoms. The highest BCUT2D eigenvalue weighted by Crippen LogP contribution is 2.41. The summed E-state index contributed by atoms with van der Waals surface area (Å²) in [5.41, 5.74) is 0. The molecule has 0 aliphatic carbocycles. The van der Waals surface area contributed by atoms with Gasteiger partial charge in [-0.1, -0.05) is 12.2 Å². The van der Waals surface area contributed by atoms with E-state index in [0.717, 1.165) is 0 Å². The Kier molecular flexibility index (Phi) is 3.34. The second-order valence-electron chi connectivity index (χ2n) is 3.67. The molecule has 0 radical (unpaired) electrons. The molecule has 2 heterocycles. The quantitative estimate of drug-likeness (QED) is 0.685. The van der Waals surface area contributed by atoms with Crippen LogP contribution in [0.4, 0.5) is 0 Å². The lowest BCUT2D eigenvalue weighted by Gasteiger charge is -2.18. The molecule has 0 aromatic rings. The van der Waals surface area contributed by atoms with Crippen molar-refractivity contribution >= 4 is 21.6 Å². The van der Waals surface area contributed by atoms with E-state index < -0.39 is 0 Å². The second kappa shape index (κ2) is 4.53. The molecule has 2 nitrogen and oxygen atoms in total. The van der Waals surface area contributed by atoms with Crippen molar-refractivity contribution in [1.29, 1.82) is 0 Å². The van der Waals surface area contributed by atoms with Gasteiger partial charge in [-0.05, 0) is 34.4 Å². The van der Waals surface area contributed by atoms with Crippen molar-refractivity contribution in [3.05, 3.63) is 22.2 Å². The number of rotatable bonds is 3. The van der Waals surface area contributed by atoms with E-state index >= 15 is 0 Å². The van der Waals surface area contributed by atoms with Crippen LogP contribution < -0.4 is 0 Å². The lowest BCUT2D eigenvalue weighted by Crippen LogP contribution is -2.12. The maximum Gasteiger partial charge on any atom is 0.0777 e. The van der Waals surface area contributed by atoms with E-state index in [2.05, 4.69) is 36.0 Å². The summed E-state index contributed by atoms with van der Waals surface area (Å²) in [6.07, 6.45) is 7.06. The smallest absolute Gasteiger partial charge is 0.0777 e. The fraction of sp³-hybridized carbons (Fsp3) is 0.600. The third-order valence-corrected chi connectivity index (χ3v) is 5.19. The highest BCUT2D eigenvalue weighted by atomic mass is 33.1. The number of hydrogen-bond acceptors (Lipinski definition) is 4. The molecular formula is C10H16N2S2. The van der Waals surface area contributed by atoms with Gasteiger partial charge in [0.25, 0.3) is 0 Å². The summed E-state index contributed by atoms with van der Waals surface area (Å²) in [7, 11) is 8.11. The molecular weight excluding hydrogens is 212 g/mol. The predicted molar refractivity (Wildman–Crippen MR) is 65.8 cm³/mol. The third-order valence-electron chi connectivity index (χ3n) is 2.53. The van der Waals surface area contributed by atoms with E-state index in [1.807, 2.05) is 21.6 Å². The van der Waals surface area contributed by atoms with Gasteiger partial charge in [0.1, 0.15) is 0 Å². The Hall–Kier alpha value is -0.220. The first kappa shape index (κ1) is 10.3. The monoisotopic (exact) mass is 228 g/mol. The van der Waals surface area contributed by atoms with Crippen molar-refractivity contribution in [3.63, 3.8) is 0 Å². The van der Waals surface area contributed by atoms with Gasteiger partial charge in [0.15, 0.2) is 0 Å². The van der Waals surface area contributed by atoms with Gasteiger partial charge < -0.3 is 9.80 Å². The molecule has 14 heavy (non-hydrogen) atoms. The van der Waals surface area contributed by atoms with Crippen LogP contribution in [-0.4, -0.2) is 37.0 Å². The van der Waals surface area contributed by atoms with Crippen LogP contribution in [0.25, 0.3) is 0 Å². The highest BCUT2D eigenvalue weighted by Gasteiger charge is 2.15. The summed E-state index contributed by atoms with van der Waals surface area (Å²) in [5.74, 6) is 0. The first-order valence-corrected chi connectivity index (χ1v) is 7.09. The van der Waals surface area contributed by atoms with Crippen LogP contribution in [0.15, 0.2) is 22.2 Å². The zero-order valence-corrected chi connectivity index (χ0v) is 10.3. The van der Waals surface area contributed by atoms with Gasteiger partial charge in [-0.3, -0.25) is 0 Å². The van der Waals surface area contributed by atoms with Crippen LogP contribution in [0.3, 0.4) is 0 Å². The molecule has 0 bridgehead atoms. The summed E-state index contributed by atoms with van der Waals surface area (Å²) in [6, 6.07) is 0. The molecule has 0 spiro atoms. The minimum atomic E-state index is 1.18. The van der Waals surface area contributed by atoms with Crippen LogP contribution in [0.1, 0.15) is 12.8 Å². The summed E-state index contributed by atoms with van der Waals surface area (Å²) in [6.45, 7) is 2.36. The third kappa shape index (κ3) is 2.23. The lowest BCUT2D eigenvalue weighted by molar-refractivity contribution is 0.485. The van der Waals surface area contributed by atoms with Gasteiger partial charge in [-0.2, -0.15) is 0 Å². The first-order chi connectivity index (χ1) is 6.77. The van der Waals surface area contributed by atoms with E-state index in [0.29, 0.717) is 0 Å². The van der Waals surface area contributed by atoms with Gasteiger partial charge in [0.05, 0.1) is 10.1 Å². The Balaban J connectivity index is 1.82. The molecule has 0 aromatic heterocycles. The maximum atomic E-state index is 2.33. The fourth-order valence-corrected chi connectivity index (χ4v) is 4.24. The SMILES string of the molecule is CN1CCC=C1SSC1=CCCN1C. The van der Waals surface area contributed by atoms with Crippen molar-refractivity contribution in [3.8, 4) is 0 Å². The molecule has 2 rings (SSSR count). The topological polar surface area (TPSA) is 6.48 Å². The largest absolute Gasteiger partial charge is 0.369 e. The van der Waals surface area contributed by atoms with E-state index in [1.165, 1.54) is 36.0 Å². The van der Waals surface area contributed by atoms with Crippen molar-refractivity contribution in [2.75, 3.05) is 27.2 Å². The molecule has 78 valence electrons. The molecule has 0 saturated carbocycles. The molecule has 0 amide bonds. The minimum Gasteiger partial charge on any atom is -0.369 e. The molecule has 2 aliphatic rings. The normalized spacial score (nSPS) is 21.6. The summed E-state index contributed by atoms with van der Waals surface area (Å²) in [5, 5.41) is 2.83. The Bertz CT molecular complexity index is 245. The Morgan fingerprint density at radius 3 is 1.64 bits per heavy atom. The van der Waals surface area contributed by atoms with Crippen LogP contribution in [-0.2, 0) is 0 Å². The van der Waals surface area contributed by atoms with E-state index in [9.17, 15) is 0 Å². The molecule has 2 aliphatic heterocycles. The van der Waals surface area contributed by atoms with E-state index in [-0.39, 0.29) is 0 Å². The standard InChI is InChI=1S/C10H16N2S2/c1-11-7-3-5-9(11)13-14-10-6-4-8-12(10)2/h5-6H,3-4,7-8H2,1-2H3. The van der Waals surface area contributed by atoms with E-state index in [4.69, 9.17) is 0 Å². The summed E-state index contributed by atoms with van der Waals surface area (Å²) < 4.78 is 0. The number of hydrogen-bond donors (Lipinski definition) is 0. The van der Waals surface area contributed by atoms with Crippen molar-refractivity contribution in [1.82, 2.24) is 9.80 Å². The highest BCUT2D eigenvalue weighted by molar-refractivity contribution is 8.79. The molecule has 0 saturated heterocycles. The van der Waals surface area contributed by atoms with Gasteiger partial charge >= 0.3 is 0 Å². The minimum absolute atomic E-state index is 1.18. The van der Waals surface area contributed by atoms with Gasteiger partial charge in [-0.15, -0.1) is 0 Å². The van der Waals surface area contributed by atoms with Crippen molar-refractivity contribution in [2.24, 2.45) is 0 Å². The lowest BCUT2D eigenvalue weighted by atomic mass is 10.5. The summed E-state index contributed by atoms with van der Waals surface area (Å²) >= 11 is 0. The Labute approximate surface area is 93.8 Å². The molecule has 0 fully saturated rings. The average molecular weight is 228 g/mol. The average Bonchev–Trinajstić information content (AvgIpc) is 2.72. The Morgan fingerprint density at radius 2 is 1.36 bits per heavy atom. The van der Waals surface area contributed by atoms with Gasteiger partial charge in [-0.25, -0.2) is 0 Å². The van der Waals surface area contributed by atoms with Gasteiger partial charge in [0.2, 0.25) is 0 Å². The Morgan fingerprint density at radius 1 is 0.929 bits per heavy atom. The number of nitrogens with zero attached hydrogens (tertiary/aromatic N) is 2. The van der Waals surface area contributed by atoms with Crippen LogP contribution >= 0.6 is 21.6 Å². The summed E-state index contributed by atoms with van der Waals surface area (Å²) in [4.78, 5) is 4.65. The second-order valence-corrected chi connectivity index (χ2v) is 5.84. The van der Waals surface area contributed by atoms with Crippen molar-refractivity contribution in [2.45, 2.75) is 12.8 Å². The van der Waals surface area contributed by atoms with Gasteiger partial charge in [0, 0.05) is 27.2 Å². The molecule has 0 unspecified atom stereocenters. The fourth-order valence-electron chi connectivity index (χ4n) is 1.58. The molecule has 0 N–H and O–H groups in total. The van der Waals surface area contributed by atoms with Crippen LogP contribution in [0.5, 0.6) is 0 Å². The van der Waals surface area contributed by atoms with Crippen LogP contribution in [0, 0.1) is 0 Å². The van der Waals surface area contributed by atoms with E-state index in [1.54, 1.807) is 0 Å². The maximum absolute atomic E-state index is 2.33. The van der Waals surface area contributed by atoms with Crippen molar-refractivity contribution < 1.29 is 0 Å². The predicted octanol–water partition coefficient (Wildman–Crippen LogP) is 2.72. The molecule has 0 atom stereocenters. The molecule has 0 aromatic carbocycles. The first-order valence-electron chi connectivity index (χ1n) is 4.94. The zero-order chi connectivity index (χ0) is 9.97. The van der Waals surface area contributed by atoms with Crippen LogP contribution in [0.2, 0.25) is 0 Å². The zero-order valence-electron chi connectivity index (χ0n) is 8.69.